The zero-order valence-electron chi connectivity index (χ0n) is 21.9. The molecule has 2 N–H and O–H groups in total. The Labute approximate surface area is 216 Å². The molecule has 8 heteroatoms. The van der Waals surface area contributed by atoms with E-state index >= 15 is 0 Å². The summed E-state index contributed by atoms with van der Waals surface area (Å²) in [5, 5.41) is 21.4. The van der Waals surface area contributed by atoms with Crippen LogP contribution in [0, 0.1) is 13.8 Å². The summed E-state index contributed by atoms with van der Waals surface area (Å²) in [6, 6.07) is 18.6. The Morgan fingerprint density at radius 1 is 1.03 bits per heavy atom. The van der Waals surface area contributed by atoms with Gasteiger partial charge >= 0.3 is 0 Å². The molecule has 0 unspecified atom stereocenters. The van der Waals surface area contributed by atoms with Crippen LogP contribution in [-0.4, -0.2) is 37.5 Å². The van der Waals surface area contributed by atoms with Crippen LogP contribution in [0.2, 0.25) is 0 Å². The first kappa shape index (κ1) is 25.9. The Kier molecular flexibility index (Phi) is 7.29. The van der Waals surface area contributed by atoms with Gasteiger partial charge in [-0.15, -0.1) is 5.10 Å². The van der Waals surface area contributed by atoms with Crippen molar-refractivity contribution in [1.82, 2.24) is 20.3 Å². The van der Waals surface area contributed by atoms with E-state index in [0.29, 0.717) is 23.2 Å². The van der Waals surface area contributed by atoms with Crippen LogP contribution in [-0.2, 0) is 16.1 Å². The summed E-state index contributed by atoms with van der Waals surface area (Å²) >= 11 is 0. The number of rotatable bonds is 8. The van der Waals surface area contributed by atoms with Crippen molar-refractivity contribution < 1.29 is 14.7 Å². The lowest BCUT2D eigenvalue weighted by atomic mass is 9.97. The first-order chi connectivity index (χ1) is 17.6. The first-order valence-electron chi connectivity index (χ1n) is 12.4. The van der Waals surface area contributed by atoms with Gasteiger partial charge in [0.25, 0.3) is 0 Å². The number of carbonyl (C=O) groups excluding carboxylic acids is 2. The van der Waals surface area contributed by atoms with Gasteiger partial charge in [-0.1, -0.05) is 42.5 Å². The van der Waals surface area contributed by atoms with Gasteiger partial charge in [0.2, 0.25) is 11.8 Å². The third-order valence-electron chi connectivity index (χ3n) is 6.80. The van der Waals surface area contributed by atoms with E-state index in [0.717, 1.165) is 16.6 Å². The minimum atomic E-state index is -0.976. The van der Waals surface area contributed by atoms with Crippen LogP contribution in [0.3, 0.4) is 0 Å². The highest BCUT2D eigenvalue weighted by atomic mass is 16.3. The molecule has 0 aliphatic carbocycles. The zero-order chi connectivity index (χ0) is 26.7. The van der Waals surface area contributed by atoms with Crippen LogP contribution in [0.25, 0.3) is 11.0 Å². The van der Waals surface area contributed by atoms with Crippen molar-refractivity contribution in [3.05, 3.63) is 83.4 Å². The molecule has 8 nitrogen and oxygen atoms in total. The topological polar surface area (TPSA) is 100 Å². The number of nitrogens with one attached hydrogen (secondary N) is 1. The van der Waals surface area contributed by atoms with Gasteiger partial charge in [-0.05, 0) is 87.2 Å². The third-order valence-corrected chi connectivity index (χ3v) is 6.80. The lowest BCUT2D eigenvalue weighted by Crippen LogP contribution is -2.51. The van der Waals surface area contributed by atoms with E-state index in [2.05, 4.69) is 15.6 Å². The smallest absolute Gasteiger partial charge is 0.249 e. The molecule has 1 heterocycles. The molecular formula is C29H33N5O3. The predicted molar refractivity (Wildman–Crippen MR) is 144 cm³/mol. The Morgan fingerprint density at radius 2 is 1.73 bits per heavy atom. The number of aromatic hydroxyl groups is 1. The van der Waals surface area contributed by atoms with Crippen LogP contribution in [0.4, 0.5) is 5.69 Å². The average Bonchev–Trinajstić information content (AvgIpc) is 3.27. The molecule has 1 atom stereocenters. The first-order valence-corrected chi connectivity index (χ1v) is 12.4. The van der Waals surface area contributed by atoms with Gasteiger partial charge in [-0.2, -0.15) is 0 Å². The predicted octanol–water partition coefficient (Wildman–Crippen LogP) is 4.83. The second-order valence-electron chi connectivity index (χ2n) is 9.99. The number of phenols is 1. The number of hydrogen-bond acceptors (Lipinski definition) is 5. The normalized spacial score (nSPS) is 12.4. The highest BCUT2D eigenvalue weighted by molar-refractivity contribution is 6.01. The molecule has 1 aromatic heterocycles. The SMILES string of the molecule is CCC(C)(C)NC(=O)[C@H](c1ccc(O)cc1)N(C(=O)Cn1nnc2ccccc21)c1ccc(C)c(C)c1. The quantitative estimate of drug-likeness (QED) is 0.362. The number of aryl methyl sites for hydroxylation is 2. The molecule has 4 aromatic rings. The molecule has 0 saturated heterocycles. The van der Waals surface area contributed by atoms with Crippen molar-refractivity contribution in [1.29, 1.82) is 0 Å². The van der Waals surface area contributed by atoms with Gasteiger partial charge in [-0.25, -0.2) is 4.68 Å². The summed E-state index contributed by atoms with van der Waals surface area (Å²) < 4.78 is 1.55. The minimum Gasteiger partial charge on any atom is -0.508 e. The molecule has 2 amide bonds. The van der Waals surface area contributed by atoms with E-state index in [1.807, 2.05) is 77.1 Å². The number of hydrogen-bond donors (Lipinski definition) is 2. The number of phenolic OH excluding ortho intramolecular Hbond substituents is 1. The molecule has 0 aliphatic rings. The van der Waals surface area contributed by atoms with Gasteiger partial charge in [0, 0.05) is 11.2 Å². The molecule has 0 spiro atoms. The number of fused-ring (bicyclic) bond motifs is 1. The van der Waals surface area contributed by atoms with Crippen molar-refractivity contribution in [3.8, 4) is 5.75 Å². The second kappa shape index (κ2) is 10.4. The monoisotopic (exact) mass is 499 g/mol. The van der Waals surface area contributed by atoms with Gasteiger partial charge in [0.1, 0.15) is 23.9 Å². The van der Waals surface area contributed by atoms with E-state index in [-0.39, 0.29) is 24.1 Å². The Bertz CT molecular complexity index is 1430. The van der Waals surface area contributed by atoms with Crippen LogP contribution in [0.5, 0.6) is 5.75 Å². The lowest BCUT2D eigenvalue weighted by molar-refractivity contribution is -0.128. The standard InChI is InChI=1S/C29H33N5O3/c1-6-29(4,5)30-28(37)27(21-12-15-23(35)16-13-21)34(22-14-11-19(2)20(3)17-22)26(36)18-33-25-10-8-7-9-24(25)31-32-33/h7-17,27,35H,6,18H2,1-5H3,(H,30,37)/t27-/m0/s1. The van der Waals surface area contributed by atoms with Gasteiger partial charge in [0.05, 0.1) is 5.52 Å². The summed E-state index contributed by atoms with van der Waals surface area (Å²) in [5.41, 5.74) is 4.19. The highest BCUT2D eigenvalue weighted by Crippen LogP contribution is 2.31. The Morgan fingerprint density at radius 3 is 2.41 bits per heavy atom. The maximum absolute atomic E-state index is 14.1. The van der Waals surface area contributed by atoms with Crippen molar-refractivity contribution in [2.24, 2.45) is 0 Å². The van der Waals surface area contributed by atoms with Crippen LogP contribution >= 0.6 is 0 Å². The minimum absolute atomic E-state index is 0.0786. The molecule has 4 rings (SSSR count). The van der Waals surface area contributed by atoms with Crippen LogP contribution < -0.4 is 10.2 Å². The second-order valence-corrected chi connectivity index (χ2v) is 9.99. The Hall–Kier alpha value is -4.20. The van der Waals surface area contributed by atoms with E-state index in [1.165, 1.54) is 17.0 Å². The number of anilines is 1. The number of aromatic nitrogens is 3. The van der Waals surface area contributed by atoms with Crippen LogP contribution in [0.15, 0.2) is 66.7 Å². The van der Waals surface area contributed by atoms with Crippen molar-refractivity contribution in [2.45, 2.75) is 59.2 Å². The number of para-hydroxylation sites is 1. The Balaban J connectivity index is 1.84. The molecule has 0 aliphatic heterocycles. The highest BCUT2D eigenvalue weighted by Gasteiger charge is 2.35. The summed E-state index contributed by atoms with van der Waals surface area (Å²) in [6.45, 7) is 9.76. The summed E-state index contributed by atoms with van der Waals surface area (Å²) in [6.07, 6.45) is 0.712. The molecule has 0 saturated carbocycles. The zero-order valence-corrected chi connectivity index (χ0v) is 21.9. The van der Waals surface area contributed by atoms with Crippen molar-refractivity contribution in [3.63, 3.8) is 0 Å². The van der Waals surface area contributed by atoms with E-state index < -0.39 is 11.6 Å². The summed E-state index contributed by atoms with van der Waals surface area (Å²) in [7, 11) is 0. The van der Waals surface area contributed by atoms with Gasteiger partial charge < -0.3 is 10.4 Å². The molecule has 3 aromatic carbocycles. The van der Waals surface area contributed by atoms with Gasteiger partial charge in [-0.3, -0.25) is 14.5 Å². The summed E-state index contributed by atoms with van der Waals surface area (Å²) in [5.74, 6) is -0.552. The maximum Gasteiger partial charge on any atom is 0.249 e. The summed E-state index contributed by atoms with van der Waals surface area (Å²) in [4.78, 5) is 29.5. The number of nitrogens with zero attached hydrogens (tertiary/aromatic N) is 4. The maximum atomic E-state index is 14.1. The third kappa shape index (κ3) is 5.63. The lowest BCUT2D eigenvalue weighted by Gasteiger charge is -2.35. The fourth-order valence-electron chi connectivity index (χ4n) is 4.12. The fourth-order valence-corrected chi connectivity index (χ4v) is 4.12. The largest absolute Gasteiger partial charge is 0.508 e. The van der Waals surface area contributed by atoms with Gasteiger partial charge in [0.15, 0.2) is 0 Å². The number of carbonyl (C=O) groups is 2. The van der Waals surface area contributed by atoms with Crippen molar-refractivity contribution >= 4 is 28.5 Å². The van der Waals surface area contributed by atoms with Crippen molar-refractivity contribution in [2.75, 3.05) is 4.90 Å². The number of benzene rings is 3. The molecule has 0 bridgehead atoms. The number of amides is 2. The van der Waals surface area contributed by atoms with E-state index in [1.54, 1.807) is 16.8 Å². The fraction of sp³-hybridized carbons (Fsp3) is 0.310. The van der Waals surface area contributed by atoms with Crippen LogP contribution in [0.1, 0.15) is 49.9 Å². The van der Waals surface area contributed by atoms with E-state index in [4.69, 9.17) is 0 Å². The molecule has 0 fully saturated rings. The molecular weight excluding hydrogens is 466 g/mol. The molecule has 0 radical (unpaired) electrons. The molecule has 192 valence electrons. The molecule has 37 heavy (non-hydrogen) atoms. The van der Waals surface area contributed by atoms with E-state index in [9.17, 15) is 14.7 Å². The average molecular weight is 500 g/mol.